The van der Waals surface area contributed by atoms with E-state index in [1.165, 1.54) is 11.1 Å². The van der Waals surface area contributed by atoms with E-state index in [0.717, 1.165) is 25.8 Å². The molecule has 0 aliphatic carbocycles. The van der Waals surface area contributed by atoms with Gasteiger partial charge in [0.1, 0.15) is 0 Å². The third kappa shape index (κ3) is 4.68. The van der Waals surface area contributed by atoms with Crippen LogP contribution in [0.3, 0.4) is 0 Å². The van der Waals surface area contributed by atoms with Crippen molar-refractivity contribution >= 4 is 11.5 Å². The lowest BCUT2D eigenvalue weighted by Gasteiger charge is -2.32. The van der Waals surface area contributed by atoms with Gasteiger partial charge in [-0.2, -0.15) is 0 Å². The van der Waals surface area contributed by atoms with Crippen molar-refractivity contribution in [3.63, 3.8) is 0 Å². The lowest BCUT2D eigenvalue weighted by atomic mass is 9.87. The second kappa shape index (κ2) is 8.30. The van der Waals surface area contributed by atoms with Gasteiger partial charge >= 0.3 is 0 Å². The standard InChI is InChI=1S/C20H30N2O/c1-4-18(21)14-19(15(2)3)20(23)22-12-10-17(11-13-22)16-8-6-5-7-9-16/h5-10,15,18-19H,4,11-14,21H2,1-3H3. The topological polar surface area (TPSA) is 46.3 Å². The van der Waals surface area contributed by atoms with Gasteiger partial charge in [0.25, 0.3) is 0 Å². The summed E-state index contributed by atoms with van der Waals surface area (Å²) in [6, 6.07) is 10.6. The van der Waals surface area contributed by atoms with E-state index in [0.29, 0.717) is 12.5 Å². The molecule has 0 saturated carbocycles. The Bertz CT molecular complexity index is 536. The first-order valence-corrected chi connectivity index (χ1v) is 8.81. The van der Waals surface area contributed by atoms with Crippen LogP contribution in [0.1, 0.15) is 45.6 Å². The van der Waals surface area contributed by atoms with Gasteiger partial charge in [0.05, 0.1) is 0 Å². The minimum absolute atomic E-state index is 0.0385. The fourth-order valence-corrected chi connectivity index (χ4v) is 3.17. The van der Waals surface area contributed by atoms with Crippen LogP contribution < -0.4 is 5.73 Å². The average molecular weight is 314 g/mol. The van der Waals surface area contributed by atoms with Gasteiger partial charge in [0, 0.05) is 25.0 Å². The summed E-state index contributed by atoms with van der Waals surface area (Å²) in [4.78, 5) is 14.9. The SMILES string of the molecule is CCC(N)CC(C(=O)N1CC=C(c2ccccc2)CC1)C(C)C. The van der Waals surface area contributed by atoms with Crippen LogP contribution >= 0.6 is 0 Å². The van der Waals surface area contributed by atoms with Gasteiger partial charge in [-0.25, -0.2) is 0 Å². The zero-order valence-corrected chi connectivity index (χ0v) is 14.7. The van der Waals surface area contributed by atoms with Crippen LogP contribution in [-0.4, -0.2) is 29.9 Å². The van der Waals surface area contributed by atoms with E-state index in [1.807, 2.05) is 11.0 Å². The minimum atomic E-state index is 0.0385. The summed E-state index contributed by atoms with van der Waals surface area (Å²) in [5.74, 6) is 0.642. The molecule has 2 atom stereocenters. The van der Waals surface area contributed by atoms with Crippen molar-refractivity contribution in [1.82, 2.24) is 4.90 Å². The van der Waals surface area contributed by atoms with Crippen molar-refractivity contribution in [3.05, 3.63) is 42.0 Å². The third-order valence-electron chi connectivity index (χ3n) is 4.87. The Morgan fingerprint density at radius 2 is 1.96 bits per heavy atom. The lowest BCUT2D eigenvalue weighted by Crippen LogP contribution is -2.42. The van der Waals surface area contributed by atoms with Gasteiger partial charge in [0.2, 0.25) is 5.91 Å². The highest BCUT2D eigenvalue weighted by molar-refractivity contribution is 5.80. The van der Waals surface area contributed by atoms with Crippen molar-refractivity contribution in [2.24, 2.45) is 17.6 Å². The molecule has 0 bridgehead atoms. The Balaban J connectivity index is 2.02. The van der Waals surface area contributed by atoms with Gasteiger partial charge in [-0.3, -0.25) is 4.79 Å². The van der Waals surface area contributed by atoms with Crippen LogP contribution in [0.25, 0.3) is 5.57 Å². The molecule has 1 aliphatic rings. The highest BCUT2D eigenvalue weighted by Gasteiger charge is 2.29. The molecule has 0 radical (unpaired) electrons. The van der Waals surface area contributed by atoms with Crippen LogP contribution in [0.5, 0.6) is 0 Å². The quantitative estimate of drug-likeness (QED) is 0.870. The molecule has 1 aromatic rings. The monoisotopic (exact) mass is 314 g/mol. The maximum atomic E-state index is 12.9. The Labute approximate surface area is 140 Å². The number of amides is 1. The molecule has 3 nitrogen and oxygen atoms in total. The molecule has 0 spiro atoms. The van der Waals surface area contributed by atoms with Crippen molar-refractivity contribution in [2.45, 2.75) is 46.1 Å². The van der Waals surface area contributed by atoms with Gasteiger partial charge in [-0.05, 0) is 36.3 Å². The largest absolute Gasteiger partial charge is 0.338 e. The highest BCUT2D eigenvalue weighted by Crippen LogP contribution is 2.26. The van der Waals surface area contributed by atoms with Crippen LogP contribution in [0, 0.1) is 11.8 Å². The Hall–Kier alpha value is -1.61. The predicted molar refractivity (Wildman–Crippen MR) is 96.8 cm³/mol. The molecular formula is C20H30N2O. The lowest BCUT2D eigenvalue weighted by molar-refractivity contribution is -0.137. The fourth-order valence-electron chi connectivity index (χ4n) is 3.17. The summed E-state index contributed by atoms with van der Waals surface area (Å²) in [5, 5.41) is 0. The van der Waals surface area contributed by atoms with Gasteiger partial charge in [0.15, 0.2) is 0 Å². The molecule has 126 valence electrons. The van der Waals surface area contributed by atoms with E-state index in [9.17, 15) is 4.79 Å². The van der Waals surface area contributed by atoms with Gasteiger partial charge < -0.3 is 10.6 Å². The molecule has 0 fully saturated rings. The van der Waals surface area contributed by atoms with E-state index in [4.69, 9.17) is 5.73 Å². The van der Waals surface area contributed by atoms with Crippen LogP contribution in [-0.2, 0) is 4.79 Å². The number of benzene rings is 1. The van der Waals surface area contributed by atoms with Crippen molar-refractivity contribution in [1.29, 1.82) is 0 Å². The fraction of sp³-hybridized carbons (Fsp3) is 0.550. The Morgan fingerprint density at radius 1 is 1.26 bits per heavy atom. The van der Waals surface area contributed by atoms with E-state index >= 15 is 0 Å². The second-order valence-electron chi connectivity index (χ2n) is 6.88. The summed E-state index contributed by atoms with van der Waals surface area (Å²) in [6.45, 7) is 7.86. The summed E-state index contributed by atoms with van der Waals surface area (Å²) in [7, 11) is 0. The molecule has 3 heteroatoms. The average Bonchev–Trinajstić information content (AvgIpc) is 2.59. The minimum Gasteiger partial charge on any atom is -0.338 e. The first-order valence-electron chi connectivity index (χ1n) is 8.81. The summed E-state index contributed by atoms with van der Waals surface area (Å²) < 4.78 is 0. The molecule has 2 N–H and O–H groups in total. The molecule has 1 amide bonds. The summed E-state index contributed by atoms with van der Waals surface area (Å²) >= 11 is 0. The number of nitrogens with two attached hydrogens (primary N) is 1. The number of rotatable bonds is 6. The normalized spacial score (nSPS) is 17.8. The molecule has 0 aromatic heterocycles. The highest BCUT2D eigenvalue weighted by atomic mass is 16.2. The molecule has 1 aliphatic heterocycles. The maximum absolute atomic E-state index is 12.9. The van der Waals surface area contributed by atoms with Gasteiger partial charge in [-0.15, -0.1) is 0 Å². The van der Waals surface area contributed by atoms with Gasteiger partial charge in [-0.1, -0.05) is 57.2 Å². The van der Waals surface area contributed by atoms with Crippen molar-refractivity contribution < 1.29 is 4.79 Å². The van der Waals surface area contributed by atoms with E-state index in [-0.39, 0.29) is 17.9 Å². The van der Waals surface area contributed by atoms with Crippen LogP contribution in [0.15, 0.2) is 36.4 Å². The van der Waals surface area contributed by atoms with E-state index in [1.54, 1.807) is 0 Å². The number of carbonyl (C=O) groups is 1. The third-order valence-corrected chi connectivity index (χ3v) is 4.87. The second-order valence-corrected chi connectivity index (χ2v) is 6.88. The Morgan fingerprint density at radius 3 is 2.48 bits per heavy atom. The first-order chi connectivity index (χ1) is 11.0. The number of nitrogens with zero attached hydrogens (tertiary/aromatic N) is 1. The summed E-state index contributed by atoms with van der Waals surface area (Å²) in [5.41, 5.74) is 8.71. The van der Waals surface area contributed by atoms with Crippen molar-refractivity contribution in [2.75, 3.05) is 13.1 Å². The molecule has 1 heterocycles. The van der Waals surface area contributed by atoms with E-state index < -0.39 is 0 Å². The number of hydrogen-bond donors (Lipinski definition) is 1. The molecule has 23 heavy (non-hydrogen) atoms. The molecule has 0 saturated heterocycles. The zero-order valence-electron chi connectivity index (χ0n) is 14.7. The Kier molecular flexibility index (Phi) is 6.40. The molecule has 2 rings (SSSR count). The number of carbonyl (C=O) groups excluding carboxylic acids is 1. The van der Waals surface area contributed by atoms with Crippen LogP contribution in [0.4, 0.5) is 0 Å². The van der Waals surface area contributed by atoms with E-state index in [2.05, 4.69) is 51.1 Å². The zero-order chi connectivity index (χ0) is 16.8. The van der Waals surface area contributed by atoms with Crippen LogP contribution in [0.2, 0.25) is 0 Å². The number of hydrogen-bond acceptors (Lipinski definition) is 2. The molecule has 1 aromatic carbocycles. The molecular weight excluding hydrogens is 284 g/mol. The van der Waals surface area contributed by atoms with Crippen molar-refractivity contribution in [3.8, 4) is 0 Å². The predicted octanol–water partition coefficient (Wildman–Crippen LogP) is 3.70. The summed E-state index contributed by atoms with van der Waals surface area (Å²) in [6.07, 6.45) is 4.85. The smallest absolute Gasteiger partial charge is 0.226 e. The molecule has 2 unspecified atom stereocenters. The first kappa shape index (κ1) is 17.7. The maximum Gasteiger partial charge on any atom is 0.226 e.